The fourth-order valence-corrected chi connectivity index (χ4v) is 1.75. The molecular formula is C12H20N2O2. The number of hydrogen-bond acceptors (Lipinski definition) is 4. The SMILES string of the molecule is CC(C)(C)Cc1noc(CC(O)C2CC2)n1. The van der Waals surface area contributed by atoms with Crippen LogP contribution in [0, 0.1) is 11.3 Å². The Balaban J connectivity index is 1.91. The highest BCUT2D eigenvalue weighted by atomic mass is 16.5. The Morgan fingerprint density at radius 2 is 2.12 bits per heavy atom. The molecule has 1 N–H and O–H groups in total. The van der Waals surface area contributed by atoms with Crippen molar-refractivity contribution in [2.45, 2.75) is 52.6 Å². The molecule has 1 aliphatic carbocycles. The minimum Gasteiger partial charge on any atom is -0.392 e. The average Bonchev–Trinajstić information content (AvgIpc) is 2.89. The summed E-state index contributed by atoms with van der Waals surface area (Å²) in [5.74, 6) is 1.77. The van der Waals surface area contributed by atoms with Crippen molar-refractivity contribution in [3.63, 3.8) is 0 Å². The Morgan fingerprint density at radius 3 is 2.69 bits per heavy atom. The molecule has 2 rings (SSSR count). The molecule has 1 unspecified atom stereocenters. The summed E-state index contributed by atoms with van der Waals surface area (Å²) in [6.45, 7) is 6.42. The first kappa shape index (κ1) is 11.6. The number of nitrogens with zero attached hydrogens (tertiary/aromatic N) is 2. The van der Waals surface area contributed by atoms with Crippen LogP contribution in [0.1, 0.15) is 45.3 Å². The van der Waals surface area contributed by atoms with Crippen LogP contribution in [0.3, 0.4) is 0 Å². The van der Waals surface area contributed by atoms with Crippen molar-refractivity contribution in [2.75, 3.05) is 0 Å². The maximum atomic E-state index is 9.76. The molecule has 0 aliphatic heterocycles. The van der Waals surface area contributed by atoms with Gasteiger partial charge in [0, 0.05) is 6.42 Å². The minimum atomic E-state index is -0.303. The van der Waals surface area contributed by atoms with Crippen LogP contribution in [0.2, 0.25) is 0 Å². The van der Waals surface area contributed by atoms with Gasteiger partial charge in [-0.3, -0.25) is 0 Å². The number of hydrogen-bond donors (Lipinski definition) is 1. The molecule has 90 valence electrons. The van der Waals surface area contributed by atoms with Crippen molar-refractivity contribution in [2.24, 2.45) is 11.3 Å². The van der Waals surface area contributed by atoms with E-state index in [2.05, 4.69) is 30.9 Å². The lowest BCUT2D eigenvalue weighted by atomic mass is 9.92. The molecular weight excluding hydrogens is 204 g/mol. The number of aliphatic hydroxyl groups excluding tert-OH is 1. The van der Waals surface area contributed by atoms with E-state index in [1.54, 1.807) is 0 Å². The normalized spacial score (nSPS) is 18.8. The number of aromatic nitrogens is 2. The lowest BCUT2D eigenvalue weighted by Crippen LogP contribution is -2.13. The standard InChI is InChI=1S/C12H20N2O2/c1-12(2,3)7-10-13-11(16-14-10)6-9(15)8-4-5-8/h8-9,15H,4-7H2,1-3H3. The van der Waals surface area contributed by atoms with Crippen LogP contribution in [-0.4, -0.2) is 21.4 Å². The minimum absolute atomic E-state index is 0.163. The van der Waals surface area contributed by atoms with Gasteiger partial charge < -0.3 is 9.63 Å². The molecule has 0 saturated heterocycles. The van der Waals surface area contributed by atoms with E-state index in [1.807, 2.05) is 0 Å². The van der Waals surface area contributed by atoms with Gasteiger partial charge in [-0.2, -0.15) is 4.98 Å². The van der Waals surface area contributed by atoms with Gasteiger partial charge in [-0.15, -0.1) is 0 Å². The van der Waals surface area contributed by atoms with Gasteiger partial charge in [0.25, 0.3) is 0 Å². The molecule has 1 aliphatic rings. The predicted octanol–water partition coefficient (Wildman–Crippen LogP) is 1.97. The van der Waals surface area contributed by atoms with Gasteiger partial charge in [-0.05, 0) is 24.2 Å². The highest BCUT2D eigenvalue weighted by molar-refractivity contribution is 4.93. The van der Waals surface area contributed by atoms with Crippen molar-refractivity contribution in [1.29, 1.82) is 0 Å². The monoisotopic (exact) mass is 224 g/mol. The second-order valence-corrected chi connectivity index (χ2v) is 5.95. The zero-order valence-electron chi connectivity index (χ0n) is 10.2. The first-order valence-corrected chi connectivity index (χ1v) is 5.93. The van der Waals surface area contributed by atoms with Gasteiger partial charge in [0.15, 0.2) is 5.82 Å². The summed E-state index contributed by atoms with van der Waals surface area (Å²) in [7, 11) is 0. The molecule has 1 aromatic rings. The fourth-order valence-electron chi connectivity index (χ4n) is 1.75. The van der Waals surface area contributed by atoms with Crippen LogP contribution in [0.15, 0.2) is 4.52 Å². The van der Waals surface area contributed by atoms with Crippen molar-refractivity contribution >= 4 is 0 Å². The topological polar surface area (TPSA) is 59.2 Å². The van der Waals surface area contributed by atoms with Crippen molar-refractivity contribution < 1.29 is 9.63 Å². The van der Waals surface area contributed by atoms with E-state index in [0.29, 0.717) is 18.2 Å². The second-order valence-electron chi connectivity index (χ2n) is 5.95. The lowest BCUT2D eigenvalue weighted by molar-refractivity contribution is 0.140. The van der Waals surface area contributed by atoms with E-state index in [1.165, 1.54) is 0 Å². The van der Waals surface area contributed by atoms with Gasteiger partial charge in [0.2, 0.25) is 5.89 Å². The molecule has 0 spiro atoms. The van der Waals surface area contributed by atoms with Crippen LogP contribution in [0.25, 0.3) is 0 Å². The molecule has 1 heterocycles. The van der Waals surface area contributed by atoms with Crippen LogP contribution < -0.4 is 0 Å². The van der Waals surface area contributed by atoms with E-state index < -0.39 is 0 Å². The van der Waals surface area contributed by atoms with Gasteiger partial charge in [0.1, 0.15) is 0 Å². The predicted molar refractivity (Wildman–Crippen MR) is 59.9 cm³/mol. The maximum Gasteiger partial charge on any atom is 0.229 e. The van der Waals surface area contributed by atoms with Crippen molar-refractivity contribution in [1.82, 2.24) is 10.1 Å². The molecule has 1 atom stereocenters. The first-order chi connectivity index (χ1) is 7.44. The molecule has 0 radical (unpaired) electrons. The fraction of sp³-hybridized carbons (Fsp3) is 0.833. The van der Waals surface area contributed by atoms with Crippen LogP contribution in [0.4, 0.5) is 0 Å². The Labute approximate surface area is 96.1 Å². The molecule has 1 fully saturated rings. The summed E-state index contributed by atoms with van der Waals surface area (Å²) >= 11 is 0. The molecule has 4 nitrogen and oxygen atoms in total. The Bertz CT molecular complexity index is 350. The number of aliphatic hydroxyl groups is 1. The Kier molecular flexibility index (Phi) is 3.02. The van der Waals surface area contributed by atoms with Crippen molar-refractivity contribution in [3.05, 3.63) is 11.7 Å². The maximum absolute atomic E-state index is 9.76. The molecule has 1 aromatic heterocycles. The summed E-state index contributed by atoms with van der Waals surface area (Å²) in [6, 6.07) is 0. The summed E-state index contributed by atoms with van der Waals surface area (Å²) in [6.07, 6.45) is 3.26. The largest absolute Gasteiger partial charge is 0.392 e. The molecule has 4 heteroatoms. The Morgan fingerprint density at radius 1 is 1.44 bits per heavy atom. The lowest BCUT2D eigenvalue weighted by Gasteiger charge is -2.14. The average molecular weight is 224 g/mol. The molecule has 1 saturated carbocycles. The van der Waals surface area contributed by atoms with Crippen molar-refractivity contribution in [3.8, 4) is 0 Å². The third kappa shape index (κ3) is 3.30. The third-order valence-electron chi connectivity index (χ3n) is 2.75. The highest BCUT2D eigenvalue weighted by Crippen LogP contribution is 2.33. The highest BCUT2D eigenvalue weighted by Gasteiger charge is 2.31. The van der Waals surface area contributed by atoms with E-state index in [-0.39, 0.29) is 11.5 Å². The van der Waals surface area contributed by atoms with E-state index >= 15 is 0 Å². The number of rotatable bonds is 4. The van der Waals surface area contributed by atoms with Crippen LogP contribution >= 0.6 is 0 Å². The molecule has 0 bridgehead atoms. The quantitative estimate of drug-likeness (QED) is 0.849. The zero-order valence-corrected chi connectivity index (χ0v) is 10.2. The molecule has 0 aromatic carbocycles. The van der Waals surface area contributed by atoms with Crippen LogP contribution in [-0.2, 0) is 12.8 Å². The van der Waals surface area contributed by atoms with Gasteiger partial charge in [-0.25, -0.2) is 0 Å². The summed E-state index contributed by atoms with van der Waals surface area (Å²) < 4.78 is 5.14. The first-order valence-electron chi connectivity index (χ1n) is 5.93. The van der Waals surface area contributed by atoms with Gasteiger partial charge >= 0.3 is 0 Å². The van der Waals surface area contributed by atoms with E-state index in [4.69, 9.17) is 4.52 Å². The molecule has 0 amide bonds. The smallest absolute Gasteiger partial charge is 0.229 e. The zero-order chi connectivity index (χ0) is 11.8. The Hall–Kier alpha value is -0.900. The summed E-state index contributed by atoms with van der Waals surface area (Å²) in [4.78, 5) is 4.31. The van der Waals surface area contributed by atoms with Gasteiger partial charge in [0.05, 0.1) is 12.5 Å². The third-order valence-corrected chi connectivity index (χ3v) is 2.75. The van der Waals surface area contributed by atoms with E-state index in [9.17, 15) is 5.11 Å². The summed E-state index contributed by atoms with van der Waals surface area (Å²) in [5.41, 5.74) is 0.163. The van der Waals surface area contributed by atoms with Crippen LogP contribution in [0.5, 0.6) is 0 Å². The second kappa shape index (κ2) is 4.17. The van der Waals surface area contributed by atoms with Gasteiger partial charge in [-0.1, -0.05) is 25.9 Å². The molecule has 16 heavy (non-hydrogen) atoms. The summed E-state index contributed by atoms with van der Waals surface area (Å²) in [5, 5.41) is 13.7. The van der Waals surface area contributed by atoms with E-state index in [0.717, 1.165) is 25.1 Å².